The molecule has 1 saturated heterocycles. The van der Waals surface area contributed by atoms with Gasteiger partial charge < -0.3 is 37.9 Å². The molecule has 360 valence electrons. The Kier molecular flexibility index (Phi) is 18.8. The molecule has 1 fully saturated rings. The quantitative estimate of drug-likeness (QED) is 0.0349. The molecule has 0 spiro atoms. The van der Waals surface area contributed by atoms with Gasteiger partial charge in [-0.05, 0) is 140 Å². The average molecular weight is 941 g/mol. The van der Waals surface area contributed by atoms with Gasteiger partial charge in [-0.2, -0.15) is 0 Å². The Morgan fingerprint density at radius 1 is 0.515 bits per heavy atom. The molecule has 12 nitrogen and oxygen atoms in total. The molecule has 0 unspecified atom stereocenters. The maximum atomic E-state index is 13.5. The Balaban J connectivity index is 1.04. The number of ether oxygens (including phenoxy) is 8. The molecular formula is C53H55F3O12. The standard InChI is InChI=1S/C53H55F3O12/c1-3-5-7-9-33-61-41-21-13-38(14-22-41)50(58)64-43-25-17-37(18-26-43)49(57)63-35-48-47(32-31-46(66-48)36-11-29-45(30-12-36)68-53(54,55)56)67-52(60)40-19-27-44(28-20-40)65-51(59)39-15-23-42(24-16-39)62-34-10-8-6-4-2/h11-30,46-48H,3-10,31-35H2,1-2H3/t46-,47+,48-/m1/s1. The highest BCUT2D eigenvalue weighted by Crippen LogP contribution is 2.35. The molecule has 0 bridgehead atoms. The highest BCUT2D eigenvalue weighted by Gasteiger charge is 2.37. The van der Waals surface area contributed by atoms with Crippen LogP contribution in [0.25, 0.3) is 0 Å². The second-order valence-electron chi connectivity index (χ2n) is 16.1. The molecule has 5 aromatic rings. The minimum atomic E-state index is -4.87. The van der Waals surface area contributed by atoms with E-state index in [0.29, 0.717) is 47.8 Å². The summed E-state index contributed by atoms with van der Waals surface area (Å²) in [6, 6.07) is 30.0. The first-order chi connectivity index (χ1) is 32.9. The van der Waals surface area contributed by atoms with Gasteiger partial charge in [0.05, 0.1) is 41.6 Å². The molecule has 5 aromatic carbocycles. The van der Waals surface area contributed by atoms with Crippen LogP contribution in [0.4, 0.5) is 13.2 Å². The normalized spacial score (nSPS) is 15.7. The van der Waals surface area contributed by atoms with Gasteiger partial charge in [-0.15, -0.1) is 13.2 Å². The average Bonchev–Trinajstić information content (AvgIpc) is 3.34. The van der Waals surface area contributed by atoms with E-state index >= 15 is 0 Å². The first kappa shape index (κ1) is 50.5. The number of rotatable bonds is 23. The number of carbonyl (C=O) groups excluding carboxylic acids is 4. The second kappa shape index (κ2) is 25.3. The van der Waals surface area contributed by atoms with Gasteiger partial charge in [0.1, 0.15) is 47.6 Å². The molecular weight excluding hydrogens is 886 g/mol. The maximum Gasteiger partial charge on any atom is 0.573 e. The van der Waals surface area contributed by atoms with Crippen molar-refractivity contribution in [3.63, 3.8) is 0 Å². The lowest BCUT2D eigenvalue weighted by atomic mass is 9.96. The zero-order valence-corrected chi connectivity index (χ0v) is 38.0. The van der Waals surface area contributed by atoms with Crippen molar-refractivity contribution in [1.29, 1.82) is 0 Å². The van der Waals surface area contributed by atoms with Crippen molar-refractivity contribution in [1.82, 2.24) is 0 Å². The van der Waals surface area contributed by atoms with Crippen LogP contribution in [0.15, 0.2) is 121 Å². The van der Waals surface area contributed by atoms with Gasteiger partial charge in [-0.3, -0.25) is 0 Å². The van der Waals surface area contributed by atoms with Crippen molar-refractivity contribution in [3.05, 3.63) is 149 Å². The molecule has 0 aromatic heterocycles. The number of alkyl halides is 3. The zero-order valence-electron chi connectivity index (χ0n) is 38.0. The minimum absolute atomic E-state index is 0.131. The van der Waals surface area contributed by atoms with Crippen molar-refractivity contribution < 1.29 is 70.2 Å². The summed E-state index contributed by atoms with van der Waals surface area (Å²) in [5, 5.41) is 0. The van der Waals surface area contributed by atoms with E-state index in [0.717, 1.165) is 51.4 Å². The SMILES string of the molecule is CCCCCCOc1ccc(C(=O)Oc2ccc(C(=O)OC[C@H]3O[C@@H](c4ccc(OC(F)(F)F)cc4)CC[C@@H]3OC(=O)c3ccc(OC(=O)c4ccc(OCCCCCC)cc4)cc3)cc2)cc1. The molecule has 0 saturated carbocycles. The number of hydrogen-bond acceptors (Lipinski definition) is 12. The van der Waals surface area contributed by atoms with Gasteiger partial charge in [0, 0.05) is 0 Å². The lowest BCUT2D eigenvalue weighted by Crippen LogP contribution is -2.42. The summed E-state index contributed by atoms with van der Waals surface area (Å²) in [5.74, 6) is -1.39. The lowest BCUT2D eigenvalue weighted by molar-refractivity contribution is -0.274. The number of carbonyl (C=O) groups is 4. The molecule has 15 heteroatoms. The van der Waals surface area contributed by atoms with Gasteiger partial charge in [0.25, 0.3) is 0 Å². The Bertz CT molecular complexity index is 2370. The van der Waals surface area contributed by atoms with E-state index in [1.807, 2.05) is 0 Å². The molecule has 68 heavy (non-hydrogen) atoms. The zero-order chi connectivity index (χ0) is 48.3. The topological polar surface area (TPSA) is 142 Å². The smallest absolute Gasteiger partial charge is 0.494 e. The largest absolute Gasteiger partial charge is 0.573 e. The summed E-state index contributed by atoms with van der Waals surface area (Å²) in [6.07, 6.45) is 1.76. The predicted molar refractivity (Wildman–Crippen MR) is 244 cm³/mol. The van der Waals surface area contributed by atoms with Crippen LogP contribution in [0.3, 0.4) is 0 Å². The highest BCUT2D eigenvalue weighted by atomic mass is 19.4. The molecule has 0 aliphatic carbocycles. The molecule has 1 aliphatic heterocycles. The van der Waals surface area contributed by atoms with Crippen LogP contribution in [0, 0.1) is 0 Å². The van der Waals surface area contributed by atoms with E-state index in [9.17, 15) is 32.3 Å². The monoisotopic (exact) mass is 940 g/mol. The van der Waals surface area contributed by atoms with Crippen LogP contribution < -0.4 is 23.7 Å². The van der Waals surface area contributed by atoms with Gasteiger partial charge in [0.2, 0.25) is 0 Å². The first-order valence-electron chi connectivity index (χ1n) is 22.9. The van der Waals surface area contributed by atoms with Crippen molar-refractivity contribution in [2.24, 2.45) is 0 Å². The summed E-state index contributed by atoms with van der Waals surface area (Å²) in [5.41, 5.74) is 1.43. The number of esters is 4. The van der Waals surface area contributed by atoms with Crippen LogP contribution in [0.5, 0.6) is 28.7 Å². The molecule has 0 N–H and O–H groups in total. The number of benzene rings is 5. The van der Waals surface area contributed by atoms with Gasteiger partial charge >= 0.3 is 30.2 Å². The van der Waals surface area contributed by atoms with Crippen molar-refractivity contribution >= 4 is 23.9 Å². The van der Waals surface area contributed by atoms with E-state index < -0.39 is 54.3 Å². The third kappa shape index (κ3) is 15.9. The maximum absolute atomic E-state index is 13.5. The molecule has 0 amide bonds. The molecule has 0 radical (unpaired) electrons. The number of unbranched alkanes of at least 4 members (excludes halogenated alkanes) is 6. The fourth-order valence-electron chi connectivity index (χ4n) is 7.19. The fourth-order valence-corrected chi connectivity index (χ4v) is 7.19. The van der Waals surface area contributed by atoms with Gasteiger partial charge in [-0.25, -0.2) is 19.2 Å². The lowest BCUT2D eigenvalue weighted by Gasteiger charge is -2.36. The molecule has 1 heterocycles. The third-order valence-electron chi connectivity index (χ3n) is 10.9. The molecule has 6 rings (SSSR count). The van der Waals surface area contributed by atoms with Gasteiger partial charge in [0.15, 0.2) is 0 Å². The Hall–Kier alpha value is -6.87. The van der Waals surface area contributed by atoms with Crippen molar-refractivity contribution in [3.8, 4) is 28.7 Å². The van der Waals surface area contributed by atoms with Crippen LogP contribution in [-0.4, -0.2) is 62.3 Å². The van der Waals surface area contributed by atoms with Crippen LogP contribution in [-0.2, 0) is 14.2 Å². The molecule has 3 atom stereocenters. The Morgan fingerprint density at radius 3 is 1.40 bits per heavy atom. The number of halogens is 3. The fraction of sp³-hybridized carbons (Fsp3) is 0.358. The summed E-state index contributed by atoms with van der Waals surface area (Å²) in [4.78, 5) is 52.4. The van der Waals surface area contributed by atoms with Crippen molar-refractivity contribution in [2.45, 2.75) is 103 Å². The van der Waals surface area contributed by atoms with Crippen molar-refractivity contribution in [2.75, 3.05) is 19.8 Å². The van der Waals surface area contributed by atoms with E-state index in [2.05, 4.69) is 18.6 Å². The van der Waals surface area contributed by atoms with Crippen LogP contribution in [0.2, 0.25) is 0 Å². The van der Waals surface area contributed by atoms with Crippen LogP contribution in [0.1, 0.15) is 131 Å². The highest BCUT2D eigenvalue weighted by molar-refractivity contribution is 5.93. The van der Waals surface area contributed by atoms with Gasteiger partial charge in [-0.1, -0.05) is 64.5 Å². The van der Waals surface area contributed by atoms with E-state index in [4.69, 9.17) is 33.2 Å². The first-order valence-corrected chi connectivity index (χ1v) is 22.9. The Labute approximate surface area is 393 Å². The summed E-state index contributed by atoms with van der Waals surface area (Å²) < 4.78 is 82.8. The Morgan fingerprint density at radius 2 is 0.941 bits per heavy atom. The van der Waals surface area contributed by atoms with E-state index in [1.54, 1.807) is 48.5 Å². The second-order valence-corrected chi connectivity index (χ2v) is 16.1. The summed E-state index contributed by atoms with van der Waals surface area (Å²) in [7, 11) is 0. The predicted octanol–water partition coefficient (Wildman–Crippen LogP) is 12.2. The third-order valence-corrected chi connectivity index (χ3v) is 10.9. The minimum Gasteiger partial charge on any atom is -0.494 e. The number of hydrogen-bond donors (Lipinski definition) is 0. The summed E-state index contributed by atoms with van der Waals surface area (Å²) >= 11 is 0. The van der Waals surface area contributed by atoms with E-state index in [1.165, 1.54) is 72.8 Å². The van der Waals surface area contributed by atoms with E-state index in [-0.39, 0.29) is 35.7 Å². The summed E-state index contributed by atoms with van der Waals surface area (Å²) in [6.45, 7) is 5.10. The van der Waals surface area contributed by atoms with Crippen LogP contribution >= 0.6 is 0 Å². The molecule has 1 aliphatic rings.